The van der Waals surface area contributed by atoms with Gasteiger partial charge in [0.15, 0.2) is 18.7 Å². The molecule has 0 aromatic heterocycles. The number of carbonyl (C=O) groups excluding carboxylic acids is 1. The molecule has 2 aliphatic heterocycles. The summed E-state index contributed by atoms with van der Waals surface area (Å²) in [5.41, 5.74) is 1.20. The highest BCUT2D eigenvalue weighted by Gasteiger charge is 2.52. The maximum atomic E-state index is 12.7. The fourth-order valence-electron chi connectivity index (χ4n) is 3.54. The summed E-state index contributed by atoms with van der Waals surface area (Å²) in [6.45, 7) is 3.98. The molecule has 7 heteroatoms. The fraction of sp³-hybridized carbons (Fsp3) is 0.348. The summed E-state index contributed by atoms with van der Waals surface area (Å²) in [7, 11) is 0. The molecule has 2 heterocycles. The van der Waals surface area contributed by atoms with Crippen molar-refractivity contribution in [2.75, 3.05) is 13.2 Å². The molecule has 0 radical (unpaired) electrons. The Balaban J connectivity index is 1.56. The maximum absolute atomic E-state index is 12.7. The Bertz CT molecular complexity index is 841. The van der Waals surface area contributed by atoms with Gasteiger partial charge in [0.2, 0.25) is 0 Å². The van der Waals surface area contributed by atoms with E-state index in [1.165, 1.54) is 0 Å². The van der Waals surface area contributed by atoms with Gasteiger partial charge in [-0.1, -0.05) is 54.6 Å². The molecule has 2 saturated heterocycles. The van der Waals surface area contributed by atoms with Crippen LogP contribution in [0.2, 0.25) is 0 Å². The Kier molecular flexibility index (Phi) is 6.56. The number of carbonyl (C=O) groups is 1. The van der Waals surface area contributed by atoms with Crippen LogP contribution in [0.1, 0.15) is 22.2 Å². The van der Waals surface area contributed by atoms with Gasteiger partial charge in [0.05, 0.1) is 18.8 Å². The van der Waals surface area contributed by atoms with Gasteiger partial charge < -0.3 is 28.8 Å². The van der Waals surface area contributed by atoms with Gasteiger partial charge in [-0.2, -0.15) is 0 Å². The van der Waals surface area contributed by atoms with E-state index >= 15 is 0 Å². The van der Waals surface area contributed by atoms with Crippen LogP contribution < -0.4 is 0 Å². The van der Waals surface area contributed by atoms with Gasteiger partial charge in [0.1, 0.15) is 18.3 Å². The maximum Gasteiger partial charge on any atom is 0.338 e. The Morgan fingerprint density at radius 2 is 1.80 bits per heavy atom. The van der Waals surface area contributed by atoms with E-state index in [9.17, 15) is 9.90 Å². The van der Waals surface area contributed by atoms with E-state index in [-0.39, 0.29) is 13.2 Å². The van der Waals surface area contributed by atoms with Gasteiger partial charge in [0.25, 0.3) is 0 Å². The standard InChI is InChI=1S/C23H24O7/c1-2-13-26-23-18(24)20(29-21(25)15-9-5-3-6-10-15)19-17(28-23)14-27-22(30-19)16-11-7-4-8-12-16/h2-12,17-20,22-24H,1,13-14H2/t17-,18-,19-,20-,22-,23-/m1/s1. The van der Waals surface area contributed by atoms with E-state index in [0.29, 0.717) is 5.56 Å². The third-order valence-electron chi connectivity index (χ3n) is 5.01. The molecule has 0 saturated carbocycles. The third-order valence-corrected chi connectivity index (χ3v) is 5.01. The third kappa shape index (κ3) is 4.45. The van der Waals surface area contributed by atoms with E-state index in [0.717, 1.165) is 5.56 Å². The van der Waals surface area contributed by atoms with Crippen LogP contribution in [0, 0.1) is 0 Å². The van der Waals surface area contributed by atoms with Gasteiger partial charge >= 0.3 is 5.97 Å². The molecule has 2 aromatic carbocycles. The van der Waals surface area contributed by atoms with Crippen molar-refractivity contribution in [2.45, 2.75) is 37.0 Å². The largest absolute Gasteiger partial charge is 0.453 e. The van der Waals surface area contributed by atoms with Crippen molar-refractivity contribution in [1.29, 1.82) is 0 Å². The second-order valence-electron chi connectivity index (χ2n) is 7.07. The van der Waals surface area contributed by atoms with Crippen molar-refractivity contribution < 1.29 is 33.6 Å². The molecule has 0 unspecified atom stereocenters. The Hall–Kier alpha value is -2.55. The molecule has 2 aliphatic rings. The van der Waals surface area contributed by atoms with Crippen molar-refractivity contribution in [1.82, 2.24) is 0 Å². The molecular weight excluding hydrogens is 388 g/mol. The highest BCUT2D eigenvalue weighted by Crippen LogP contribution is 2.35. The van der Waals surface area contributed by atoms with Gasteiger partial charge in [-0.3, -0.25) is 0 Å². The Labute approximate surface area is 174 Å². The second kappa shape index (κ2) is 9.51. The Morgan fingerprint density at radius 1 is 1.10 bits per heavy atom. The van der Waals surface area contributed by atoms with Gasteiger partial charge in [0, 0.05) is 5.56 Å². The molecule has 2 fully saturated rings. The molecular formula is C23H24O7. The number of benzene rings is 2. The topological polar surface area (TPSA) is 83.5 Å². The predicted molar refractivity (Wildman–Crippen MR) is 106 cm³/mol. The average Bonchev–Trinajstić information content (AvgIpc) is 2.80. The van der Waals surface area contributed by atoms with Crippen LogP contribution in [-0.2, 0) is 23.7 Å². The SMILES string of the molecule is C=CCO[C@@H]1O[C@@H]2CO[C@@H](c3ccccc3)O[C@H]2[C@H](OC(=O)c2ccccc2)[C@H]1O. The number of aliphatic hydroxyl groups excluding tert-OH is 1. The molecule has 4 rings (SSSR count). The molecule has 0 spiro atoms. The van der Waals surface area contributed by atoms with Crippen molar-refractivity contribution >= 4 is 5.97 Å². The summed E-state index contributed by atoms with van der Waals surface area (Å²) in [5.74, 6) is -0.561. The lowest BCUT2D eigenvalue weighted by Gasteiger charge is -2.47. The normalized spacial score (nSPS) is 30.8. The molecule has 30 heavy (non-hydrogen) atoms. The molecule has 0 amide bonds. The van der Waals surface area contributed by atoms with Gasteiger partial charge in [-0.05, 0) is 12.1 Å². The first-order valence-corrected chi connectivity index (χ1v) is 9.81. The van der Waals surface area contributed by atoms with E-state index < -0.39 is 43.0 Å². The molecule has 158 valence electrons. The first kappa shape index (κ1) is 20.7. The number of hydrogen-bond acceptors (Lipinski definition) is 7. The van der Waals surface area contributed by atoms with Crippen LogP contribution in [0.25, 0.3) is 0 Å². The summed E-state index contributed by atoms with van der Waals surface area (Å²) < 4.78 is 29.0. The molecule has 0 bridgehead atoms. The van der Waals surface area contributed by atoms with Crippen LogP contribution in [0.4, 0.5) is 0 Å². The van der Waals surface area contributed by atoms with Crippen molar-refractivity contribution in [2.24, 2.45) is 0 Å². The van der Waals surface area contributed by atoms with E-state index in [1.54, 1.807) is 36.4 Å². The molecule has 0 aliphatic carbocycles. The first-order chi connectivity index (χ1) is 14.7. The summed E-state index contributed by atoms with van der Waals surface area (Å²) >= 11 is 0. The fourth-order valence-corrected chi connectivity index (χ4v) is 3.54. The average molecular weight is 412 g/mol. The van der Waals surface area contributed by atoms with Crippen molar-refractivity contribution in [3.8, 4) is 0 Å². The van der Waals surface area contributed by atoms with E-state index in [2.05, 4.69) is 6.58 Å². The van der Waals surface area contributed by atoms with Crippen LogP contribution >= 0.6 is 0 Å². The zero-order valence-electron chi connectivity index (χ0n) is 16.3. The minimum absolute atomic E-state index is 0.173. The lowest BCUT2D eigenvalue weighted by molar-refractivity contribution is -0.359. The summed E-state index contributed by atoms with van der Waals surface area (Å²) in [4.78, 5) is 12.7. The van der Waals surface area contributed by atoms with Crippen LogP contribution in [0.3, 0.4) is 0 Å². The van der Waals surface area contributed by atoms with E-state index in [4.69, 9.17) is 23.7 Å². The highest BCUT2D eigenvalue weighted by molar-refractivity contribution is 5.89. The monoisotopic (exact) mass is 412 g/mol. The summed E-state index contributed by atoms with van der Waals surface area (Å²) in [5, 5.41) is 10.9. The number of fused-ring (bicyclic) bond motifs is 1. The molecule has 2 aromatic rings. The minimum Gasteiger partial charge on any atom is -0.453 e. The summed E-state index contributed by atoms with van der Waals surface area (Å²) in [6, 6.07) is 18.0. The minimum atomic E-state index is -1.24. The van der Waals surface area contributed by atoms with Crippen molar-refractivity contribution in [3.63, 3.8) is 0 Å². The number of hydrogen-bond donors (Lipinski definition) is 1. The zero-order chi connectivity index (χ0) is 20.9. The lowest BCUT2D eigenvalue weighted by Crippen LogP contribution is -2.63. The first-order valence-electron chi connectivity index (χ1n) is 9.81. The molecule has 7 nitrogen and oxygen atoms in total. The molecule has 1 N–H and O–H groups in total. The van der Waals surface area contributed by atoms with Crippen molar-refractivity contribution in [3.05, 3.63) is 84.4 Å². The van der Waals surface area contributed by atoms with Crippen LogP contribution in [0.5, 0.6) is 0 Å². The predicted octanol–water partition coefficient (Wildman–Crippen LogP) is 2.61. The Morgan fingerprint density at radius 3 is 2.50 bits per heavy atom. The van der Waals surface area contributed by atoms with Gasteiger partial charge in [-0.25, -0.2) is 4.79 Å². The summed E-state index contributed by atoms with van der Waals surface area (Å²) in [6.07, 6.45) is -3.65. The van der Waals surface area contributed by atoms with E-state index in [1.807, 2.05) is 30.3 Å². The number of ether oxygens (including phenoxy) is 5. The number of esters is 1. The number of aliphatic hydroxyl groups is 1. The molecule has 6 atom stereocenters. The van der Waals surface area contributed by atoms with Gasteiger partial charge in [-0.15, -0.1) is 6.58 Å². The highest BCUT2D eigenvalue weighted by atomic mass is 16.8. The lowest BCUT2D eigenvalue weighted by atomic mass is 9.97. The smallest absolute Gasteiger partial charge is 0.338 e. The second-order valence-corrected chi connectivity index (χ2v) is 7.07. The quantitative estimate of drug-likeness (QED) is 0.577. The zero-order valence-corrected chi connectivity index (χ0v) is 16.3. The van der Waals surface area contributed by atoms with Crippen LogP contribution in [-0.4, -0.2) is 55.0 Å². The number of rotatable bonds is 6. The van der Waals surface area contributed by atoms with Crippen LogP contribution in [0.15, 0.2) is 73.3 Å².